The quantitative estimate of drug-likeness (QED) is 0.294. The average Bonchev–Trinajstić information content (AvgIpc) is 2.46. The molecule has 0 aromatic carbocycles. The summed E-state index contributed by atoms with van der Waals surface area (Å²) in [6.07, 6.45) is 8.70. The molecule has 0 radical (unpaired) electrons. The Morgan fingerprint density at radius 1 is 0.800 bits per heavy atom. The summed E-state index contributed by atoms with van der Waals surface area (Å²) in [5.41, 5.74) is 0. The molecule has 0 rings (SSSR count). The second kappa shape index (κ2) is 13.0. The van der Waals surface area contributed by atoms with Crippen LogP contribution in [0, 0.1) is 0 Å². The first-order chi connectivity index (χ1) is 9.64. The fourth-order valence-corrected chi connectivity index (χ4v) is 18.0. The Labute approximate surface area is 130 Å². The molecule has 0 amide bonds. The molecule has 0 aliphatic carbocycles. The summed E-state index contributed by atoms with van der Waals surface area (Å²) in [5, 5.41) is 0. The van der Waals surface area contributed by atoms with E-state index in [2.05, 4.69) is 27.7 Å². The summed E-state index contributed by atoms with van der Waals surface area (Å²) in [6.45, 7) is 9.48. The van der Waals surface area contributed by atoms with Gasteiger partial charge in [-0.05, 0) is 0 Å². The van der Waals surface area contributed by atoms with Gasteiger partial charge in [0.25, 0.3) is 0 Å². The predicted octanol–water partition coefficient (Wildman–Crippen LogP) is 5.79. The molecule has 2 nitrogen and oxygen atoms in total. The Kier molecular flexibility index (Phi) is 13.1. The molecule has 3 heteroatoms. The van der Waals surface area contributed by atoms with Crippen molar-refractivity contribution < 1.29 is 9.53 Å². The van der Waals surface area contributed by atoms with E-state index in [1.54, 1.807) is 0 Å². The van der Waals surface area contributed by atoms with Gasteiger partial charge in [0.1, 0.15) is 0 Å². The molecule has 0 unspecified atom stereocenters. The normalized spacial score (nSPS) is 11.6. The first-order valence-electron chi connectivity index (χ1n) is 8.79. The standard InChI is InChI=1S/C5H9O2.3C4H9.Sn/c1-3-4-7-5(2)6;3*1-3-4-2;/h2-4H2,1H3;3*1,3-4H2,2H3;. The number of carbonyl (C=O) groups is 1. The zero-order valence-electron chi connectivity index (χ0n) is 14.3. The maximum absolute atomic E-state index is 12.1. The summed E-state index contributed by atoms with van der Waals surface area (Å²) in [6, 6.07) is 0. The van der Waals surface area contributed by atoms with Crippen LogP contribution in [0.4, 0.5) is 0 Å². The summed E-state index contributed by atoms with van der Waals surface area (Å²) in [5.74, 6) is 0.117. The molecule has 0 saturated carbocycles. The van der Waals surface area contributed by atoms with E-state index in [-0.39, 0.29) is 5.97 Å². The van der Waals surface area contributed by atoms with Crippen molar-refractivity contribution in [1.29, 1.82) is 0 Å². The first kappa shape index (κ1) is 20.3. The molecule has 0 N–H and O–H groups in total. The Bertz CT molecular complexity index is 219. The molecule has 20 heavy (non-hydrogen) atoms. The van der Waals surface area contributed by atoms with Gasteiger partial charge in [-0.2, -0.15) is 0 Å². The Morgan fingerprint density at radius 2 is 1.25 bits per heavy atom. The van der Waals surface area contributed by atoms with Gasteiger partial charge < -0.3 is 0 Å². The van der Waals surface area contributed by atoms with Crippen molar-refractivity contribution in [3.63, 3.8) is 0 Å². The molecule has 0 bridgehead atoms. The number of hydrogen-bond donors (Lipinski definition) is 0. The number of unbranched alkanes of at least 4 members (excludes halogenated alkanes) is 3. The number of carbonyl (C=O) groups excluding carboxylic acids is 1. The number of hydrogen-bond acceptors (Lipinski definition) is 2. The zero-order chi connectivity index (χ0) is 15.3. The monoisotopic (exact) mass is 392 g/mol. The minimum atomic E-state index is -2.29. The summed E-state index contributed by atoms with van der Waals surface area (Å²) in [7, 11) is 0. The number of rotatable bonds is 13. The van der Waals surface area contributed by atoms with E-state index in [1.807, 2.05) is 0 Å². The van der Waals surface area contributed by atoms with Crippen molar-refractivity contribution in [2.24, 2.45) is 0 Å². The van der Waals surface area contributed by atoms with Gasteiger partial charge in [-0.15, -0.1) is 0 Å². The molecule has 120 valence electrons. The maximum atomic E-state index is 12.1. The molecule has 0 heterocycles. The van der Waals surface area contributed by atoms with Crippen molar-refractivity contribution in [3.8, 4) is 0 Å². The van der Waals surface area contributed by atoms with Gasteiger partial charge in [-0.3, -0.25) is 0 Å². The van der Waals surface area contributed by atoms with Crippen LogP contribution >= 0.6 is 0 Å². The number of ether oxygens (including phenoxy) is 1. The van der Waals surface area contributed by atoms with Gasteiger partial charge in [-0.1, -0.05) is 0 Å². The van der Waals surface area contributed by atoms with Crippen molar-refractivity contribution in [3.05, 3.63) is 0 Å². The third kappa shape index (κ3) is 9.25. The Hall–Kier alpha value is 0.269. The van der Waals surface area contributed by atoms with Crippen LogP contribution in [-0.2, 0) is 9.53 Å². The van der Waals surface area contributed by atoms with E-state index in [0.29, 0.717) is 6.61 Å². The molecule has 0 saturated heterocycles. The zero-order valence-corrected chi connectivity index (χ0v) is 17.2. The molecule has 0 aromatic rings. The third-order valence-corrected chi connectivity index (χ3v) is 19.2. The molecule has 0 fully saturated rings. The fraction of sp³-hybridized carbons (Fsp3) is 0.941. The van der Waals surface area contributed by atoms with Gasteiger partial charge in [0, 0.05) is 0 Å². The van der Waals surface area contributed by atoms with Crippen LogP contribution in [0.1, 0.15) is 72.6 Å². The van der Waals surface area contributed by atoms with E-state index in [9.17, 15) is 4.79 Å². The van der Waals surface area contributed by atoms with Crippen LogP contribution in [0.5, 0.6) is 0 Å². The van der Waals surface area contributed by atoms with Gasteiger partial charge in [0.05, 0.1) is 0 Å². The summed E-state index contributed by atoms with van der Waals surface area (Å²) >= 11 is -2.29. The van der Waals surface area contributed by atoms with E-state index < -0.39 is 18.4 Å². The van der Waals surface area contributed by atoms with E-state index in [0.717, 1.165) is 10.9 Å². The molecule has 0 spiro atoms. The van der Waals surface area contributed by atoms with Gasteiger partial charge in [0.15, 0.2) is 0 Å². The third-order valence-electron chi connectivity index (χ3n) is 4.17. The first-order valence-corrected chi connectivity index (χ1v) is 16.9. The topological polar surface area (TPSA) is 26.3 Å². The van der Waals surface area contributed by atoms with Crippen LogP contribution in [0.25, 0.3) is 0 Å². The molecule has 0 aliphatic heterocycles. The summed E-state index contributed by atoms with van der Waals surface area (Å²) in [4.78, 5) is 12.1. The average molecular weight is 391 g/mol. The fourth-order valence-electron chi connectivity index (χ4n) is 2.87. The van der Waals surface area contributed by atoms with E-state index in [1.165, 1.54) is 51.8 Å². The SMILES string of the molecule is CCC[CH2][Sn]([CH2]CCC)([CH2]CCC)[CH2]C(=O)OCCC. The van der Waals surface area contributed by atoms with Crippen molar-refractivity contribution in [2.75, 3.05) is 6.61 Å². The summed E-state index contributed by atoms with van der Waals surface area (Å²) < 4.78 is 10.4. The van der Waals surface area contributed by atoms with Crippen molar-refractivity contribution in [2.45, 2.75) is 90.4 Å². The minimum absolute atomic E-state index is 0.117. The van der Waals surface area contributed by atoms with Crippen LogP contribution < -0.4 is 0 Å². The predicted molar refractivity (Wildman–Crippen MR) is 91.0 cm³/mol. The van der Waals surface area contributed by atoms with E-state index >= 15 is 0 Å². The molecule has 0 aromatic heterocycles. The van der Waals surface area contributed by atoms with E-state index in [4.69, 9.17) is 4.74 Å². The Balaban J connectivity index is 4.68. The number of esters is 1. The molecular formula is C17H36O2Sn. The van der Waals surface area contributed by atoms with Gasteiger partial charge in [0.2, 0.25) is 0 Å². The second-order valence-electron chi connectivity index (χ2n) is 6.21. The molecule has 0 aliphatic rings. The second-order valence-corrected chi connectivity index (χ2v) is 20.1. The van der Waals surface area contributed by atoms with Crippen LogP contribution in [0.2, 0.25) is 17.7 Å². The Morgan fingerprint density at radius 3 is 1.60 bits per heavy atom. The van der Waals surface area contributed by atoms with Crippen molar-refractivity contribution in [1.82, 2.24) is 0 Å². The van der Waals surface area contributed by atoms with Crippen molar-refractivity contribution >= 4 is 24.3 Å². The molecule has 0 atom stereocenters. The van der Waals surface area contributed by atoms with Gasteiger partial charge in [-0.25, -0.2) is 0 Å². The van der Waals surface area contributed by atoms with Gasteiger partial charge >= 0.3 is 131 Å². The van der Waals surface area contributed by atoms with Crippen LogP contribution in [-0.4, -0.2) is 31.0 Å². The molecular weight excluding hydrogens is 355 g/mol. The van der Waals surface area contributed by atoms with Crippen LogP contribution in [0.3, 0.4) is 0 Å². The van der Waals surface area contributed by atoms with Crippen LogP contribution in [0.15, 0.2) is 0 Å².